The van der Waals surface area contributed by atoms with Crippen molar-refractivity contribution in [2.45, 2.75) is 25.8 Å². The van der Waals surface area contributed by atoms with E-state index >= 15 is 0 Å². The molecule has 9 nitrogen and oxygen atoms in total. The van der Waals surface area contributed by atoms with Gasteiger partial charge in [-0.1, -0.05) is 48.4 Å². The van der Waals surface area contributed by atoms with Crippen LogP contribution >= 0.6 is 22.9 Å². The van der Waals surface area contributed by atoms with Crippen molar-refractivity contribution in [3.05, 3.63) is 76.3 Å². The van der Waals surface area contributed by atoms with E-state index in [9.17, 15) is 14.7 Å². The molecule has 11 heteroatoms. The molecule has 2 heterocycles. The van der Waals surface area contributed by atoms with Crippen LogP contribution in [0.15, 0.2) is 60.2 Å². The van der Waals surface area contributed by atoms with Gasteiger partial charge in [-0.3, -0.25) is 14.5 Å². The van der Waals surface area contributed by atoms with Crippen LogP contribution in [-0.4, -0.2) is 49.7 Å². The van der Waals surface area contributed by atoms with Crippen LogP contribution in [0.4, 0.5) is 5.13 Å². The first kappa shape index (κ1) is 29.2. The third kappa shape index (κ3) is 5.35. The minimum Gasteiger partial charge on any atom is -0.507 e. The van der Waals surface area contributed by atoms with Gasteiger partial charge < -0.3 is 24.1 Å². The van der Waals surface area contributed by atoms with Crippen LogP contribution < -0.4 is 23.8 Å². The number of ketones is 1. The Morgan fingerprint density at radius 2 is 1.76 bits per heavy atom. The molecule has 1 fully saturated rings. The molecular formula is C31H29ClN2O7S. The normalized spacial score (nSPS) is 16.2. The lowest BCUT2D eigenvalue weighted by Gasteiger charge is -2.24. The number of benzene rings is 3. The number of Topliss-reactive ketones (excluding diaryl/α,β-unsaturated/α-hetero) is 1. The summed E-state index contributed by atoms with van der Waals surface area (Å²) in [7, 11) is 4.42. The molecule has 4 aromatic rings. The Hall–Kier alpha value is -4.28. The quantitative estimate of drug-likeness (QED) is 0.0908. The number of hydrogen-bond donors (Lipinski definition) is 1. The molecule has 218 valence electrons. The largest absolute Gasteiger partial charge is 0.507 e. The Balaban J connectivity index is 1.72. The Labute approximate surface area is 251 Å². The third-order valence-corrected chi connectivity index (χ3v) is 8.12. The molecule has 1 aliphatic heterocycles. The fourth-order valence-electron chi connectivity index (χ4n) is 4.82. The van der Waals surface area contributed by atoms with Crippen LogP contribution in [0.3, 0.4) is 0 Å². The first-order chi connectivity index (χ1) is 20.3. The standard InChI is InChI=1S/C31H29ClN2O7S/c1-5-6-12-41-20-9-7-8-17(13-20)27(35)25-26(18-14-22(38-2)29(40-4)23(15-18)39-3)34(30(37)28(25)36)31-33-21-11-10-19(32)16-24(21)42-31/h7-11,13-16,26,35H,5-6,12H2,1-4H3. The number of amides is 1. The zero-order valence-electron chi connectivity index (χ0n) is 23.5. The number of aromatic nitrogens is 1. The van der Waals surface area contributed by atoms with Crippen molar-refractivity contribution in [2.75, 3.05) is 32.8 Å². The molecule has 5 rings (SSSR count). The summed E-state index contributed by atoms with van der Waals surface area (Å²) in [5.41, 5.74) is 1.27. The van der Waals surface area contributed by atoms with Gasteiger partial charge in [0, 0.05) is 10.6 Å². The first-order valence-corrected chi connectivity index (χ1v) is 14.4. The van der Waals surface area contributed by atoms with Gasteiger partial charge in [0.15, 0.2) is 16.6 Å². The molecule has 1 atom stereocenters. The number of carbonyl (C=O) groups excluding carboxylic acids is 2. The SMILES string of the molecule is CCCCOc1cccc(C(O)=C2C(=O)C(=O)N(c3nc4ccc(Cl)cc4s3)C2c2cc(OC)c(OC)c(OC)c2)c1. The number of thiazole rings is 1. The molecule has 0 radical (unpaired) electrons. The number of nitrogens with zero attached hydrogens (tertiary/aromatic N) is 2. The number of methoxy groups -OCH3 is 3. The van der Waals surface area contributed by atoms with Crippen molar-refractivity contribution in [3.63, 3.8) is 0 Å². The summed E-state index contributed by atoms with van der Waals surface area (Å²) in [4.78, 5) is 33.4. The van der Waals surface area contributed by atoms with E-state index in [1.165, 1.54) is 37.6 Å². The number of halogens is 1. The smallest absolute Gasteiger partial charge is 0.301 e. The summed E-state index contributed by atoms with van der Waals surface area (Å²) in [6, 6.07) is 14.2. The maximum Gasteiger partial charge on any atom is 0.301 e. The first-order valence-electron chi connectivity index (χ1n) is 13.2. The van der Waals surface area contributed by atoms with Crippen LogP contribution in [0.5, 0.6) is 23.0 Å². The minimum absolute atomic E-state index is 0.114. The molecule has 0 aliphatic carbocycles. The number of aliphatic hydroxyl groups is 1. The fourth-order valence-corrected chi connectivity index (χ4v) is 6.09. The topological polar surface area (TPSA) is 107 Å². The number of aliphatic hydroxyl groups excluding tert-OH is 1. The lowest BCUT2D eigenvalue weighted by Crippen LogP contribution is -2.29. The Morgan fingerprint density at radius 3 is 2.43 bits per heavy atom. The van der Waals surface area contributed by atoms with E-state index in [0.29, 0.717) is 51.3 Å². The average Bonchev–Trinajstić information content (AvgIpc) is 3.53. The summed E-state index contributed by atoms with van der Waals surface area (Å²) < 4.78 is 23.2. The average molecular weight is 609 g/mol. The Bertz CT molecular complexity index is 1670. The molecule has 0 spiro atoms. The lowest BCUT2D eigenvalue weighted by atomic mass is 9.94. The summed E-state index contributed by atoms with van der Waals surface area (Å²) in [5.74, 6) is -0.530. The molecule has 42 heavy (non-hydrogen) atoms. The zero-order chi connectivity index (χ0) is 30.0. The summed E-state index contributed by atoms with van der Waals surface area (Å²) in [5, 5.41) is 12.4. The van der Waals surface area contributed by atoms with Crippen molar-refractivity contribution in [1.82, 2.24) is 4.98 Å². The molecule has 0 saturated carbocycles. The van der Waals surface area contributed by atoms with Crippen LogP contribution in [0.2, 0.25) is 5.02 Å². The highest BCUT2D eigenvalue weighted by atomic mass is 35.5. The fraction of sp³-hybridized carbons (Fsp3) is 0.258. The molecule has 3 aromatic carbocycles. The number of carbonyl (C=O) groups is 2. The van der Waals surface area contributed by atoms with E-state index in [1.807, 2.05) is 0 Å². The van der Waals surface area contributed by atoms with Gasteiger partial charge in [0.25, 0.3) is 5.78 Å². The highest BCUT2D eigenvalue weighted by molar-refractivity contribution is 7.22. The Kier molecular flexibility index (Phi) is 8.56. The van der Waals surface area contributed by atoms with Crippen molar-refractivity contribution < 1.29 is 33.6 Å². The number of ether oxygens (including phenoxy) is 4. The van der Waals surface area contributed by atoms with Crippen LogP contribution in [0.25, 0.3) is 16.0 Å². The predicted octanol–water partition coefficient (Wildman–Crippen LogP) is 6.78. The van der Waals surface area contributed by atoms with E-state index in [-0.39, 0.29) is 16.5 Å². The van der Waals surface area contributed by atoms with E-state index in [0.717, 1.165) is 17.5 Å². The number of anilines is 1. The highest BCUT2D eigenvalue weighted by Crippen LogP contribution is 2.48. The molecule has 0 bridgehead atoms. The van der Waals surface area contributed by atoms with Gasteiger partial charge in [-0.05, 0) is 54.4 Å². The van der Waals surface area contributed by atoms with Gasteiger partial charge in [0.1, 0.15) is 11.5 Å². The predicted molar refractivity (Wildman–Crippen MR) is 162 cm³/mol. The molecule has 1 amide bonds. The van der Waals surface area contributed by atoms with Crippen LogP contribution in [-0.2, 0) is 9.59 Å². The second kappa shape index (κ2) is 12.3. The molecular weight excluding hydrogens is 580 g/mol. The van der Waals surface area contributed by atoms with E-state index < -0.39 is 17.7 Å². The Morgan fingerprint density at radius 1 is 1.02 bits per heavy atom. The molecule has 1 unspecified atom stereocenters. The van der Waals surface area contributed by atoms with E-state index in [4.69, 9.17) is 30.5 Å². The van der Waals surface area contributed by atoms with E-state index in [1.54, 1.807) is 54.6 Å². The van der Waals surface area contributed by atoms with Gasteiger partial charge in [0.05, 0.1) is 49.8 Å². The summed E-state index contributed by atoms with van der Waals surface area (Å²) in [6.07, 6.45) is 1.84. The van der Waals surface area contributed by atoms with Crippen molar-refractivity contribution >= 4 is 55.7 Å². The van der Waals surface area contributed by atoms with Gasteiger partial charge in [-0.2, -0.15) is 0 Å². The monoisotopic (exact) mass is 608 g/mol. The van der Waals surface area contributed by atoms with E-state index in [2.05, 4.69) is 11.9 Å². The molecule has 1 aliphatic rings. The third-order valence-electron chi connectivity index (χ3n) is 6.87. The minimum atomic E-state index is -1.07. The number of unbranched alkanes of at least 4 members (excludes halogenated alkanes) is 1. The highest BCUT2D eigenvalue weighted by Gasteiger charge is 2.48. The number of rotatable bonds is 10. The van der Waals surface area contributed by atoms with Crippen molar-refractivity contribution in [3.8, 4) is 23.0 Å². The summed E-state index contributed by atoms with van der Waals surface area (Å²) >= 11 is 7.41. The maximum absolute atomic E-state index is 13.7. The van der Waals surface area contributed by atoms with Gasteiger partial charge in [-0.25, -0.2) is 4.98 Å². The second-order valence-electron chi connectivity index (χ2n) is 9.47. The number of fused-ring (bicyclic) bond motifs is 1. The molecule has 1 saturated heterocycles. The zero-order valence-corrected chi connectivity index (χ0v) is 25.0. The maximum atomic E-state index is 13.7. The molecule has 1 aromatic heterocycles. The van der Waals surface area contributed by atoms with Crippen LogP contribution in [0.1, 0.15) is 36.9 Å². The van der Waals surface area contributed by atoms with Gasteiger partial charge >= 0.3 is 5.91 Å². The van der Waals surface area contributed by atoms with Crippen molar-refractivity contribution in [1.29, 1.82) is 0 Å². The van der Waals surface area contributed by atoms with Crippen molar-refractivity contribution in [2.24, 2.45) is 0 Å². The number of hydrogen-bond acceptors (Lipinski definition) is 9. The summed E-state index contributed by atoms with van der Waals surface area (Å²) in [6.45, 7) is 2.58. The second-order valence-corrected chi connectivity index (χ2v) is 10.9. The van der Waals surface area contributed by atoms with Gasteiger partial charge in [-0.15, -0.1) is 0 Å². The lowest BCUT2D eigenvalue weighted by molar-refractivity contribution is -0.132. The van der Waals surface area contributed by atoms with Gasteiger partial charge in [0.2, 0.25) is 5.75 Å². The van der Waals surface area contributed by atoms with Crippen LogP contribution in [0, 0.1) is 0 Å². The molecule has 1 N–H and O–H groups in total.